The predicted octanol–water partition coefficient (Wildman–Crippen LogP) is 4.27. The summed E-state index contributed by atoms with van der Waals surface area (Å²) in [6, 6.07) is 7.94. The van der Waals surface area contributed by atoms with Gasteiger partial charge in [0, 0.05) is 17.1 Å². The molecule has 0 unspecified atom stereocenters. The summed E-state index contributed by atoms with van der Waals surface area (Å²) in [5.74, 6) is 0. The van der Waals surface area contributed by atoms with Gasteiger partial charge in [0.15, 0.2) is 0 Å². The van der Waals surface area contributed by atoms with Crippen molar-refractivity contribution in [1.29, 1.82) is 0 Å². The maximum absolute atomic E-state index is 8.27. The van der Waals surface area contributed by atoms with Crippen LogP contribution in [-0.4, -0.2) is 6.54 Å². The van der Waals surface area contributed by atoms with Crippen molar-refractivity contribution >= 4 is 5.69 Å². The molecule has 1 rings (SSSR count). The first kappa shape index (κ1) is 13.1. The van der Waals surface area contributed by atoms with Crippen molar-refractivity contribution < 1.29 is 0 Å². The van der Waals surface area contributed by atoms with Gasteiger partial charge in [0.25, 0.3) is 0 Å². The maximum atomic E-state index is 8.27. The Balaban J connectivity index is 2.59. The van der Waals surface area contributed by atoms with E-state index < -0.39 is 0 Å². The number of azide groups is 1. The minimum absolute atomic E-state index is 0.399. The van der Waals surface area contributed by atoms with Crippen LogP contribution in [0.4, 0.5) is 5.69 Å². The van der Waals surface area contributed by atoms with Crippen LogP contribution < -0.4 is 5.32 Å². The molecule has 1 aromatic rings. The fourth-order valence-electron chi connectivity index (χ4n) is 1.56. The number of allylic oxidation sites excluding steroid dienone is 1. The molecule has 0 fully saturated rings. The van der Waals surface area contributed by atoms with E-state index in [1.807, 2.05) is 24.3 Å². The molecule has 0 radical (unpaired) electrons. The second-order valence-corrected chi connectivity index (χ2v) is 3.90. The van der Waals surface area contributed by atoms with Gasteiger partial charge in [0.1, 0.15) is 0 Å². The highest BCUT2D eigenvalue weighted by atomic mass is 15.1. The van der Waals surface area contributed by atoms with Crippen LogP contribution in [0.15, 0.2) is 41.0 Å². The van der Waals surface area contributed by atoms with Crippen LogP contribution in [0.25, 0.3) is 10.4 Å². The van der Waals surface area contributed by atoms with Crippen molar-refractivity contribution in [3.05, 3.63) is 51.9 Å². The van der Waals surface area contributed by atoms with Gasteiger partial charge in [-0.3, -0.25) is 0 Å². The van der Waals surface area contributed by atoms with Crippen molar-refractivity contribution in [2.24, 2.45) is 5.11 Å². The molecule has 1 N–H and O–H groups in total. The molecule has 0 spiro atoms. The van der Waals surface area contributed by atoms with Gasteiger partial charge in [-0.05, 0) is 36.6 Å². The summed E-state index contributed by atoms with van der Waals surface area (Å²) in [4.78, 5) is 2.75. The molecular formula is C13H18N4. The van der Waals surface area contributed by atoms with Crippen molar-refractivity contribution in [2.75, 3.05) is 11.9 Å². The molecule has 0 aliphatic carbocycles. The van der Waals surface area contributed by atoms with Crippen molar-refractivity contribution in [3.63, 3.8) is 0 Å². The average molecular weight is 230 g/mol. The number of hydrogen-bond donors (Lipinski definition) is 1. The standard InChI is InChI=1S/C13H18N4/c1-3-5-11(2)9-15-13-7-4-6-12(8-13)10-16-17-14/h4-8,15H,3,9-10H2,1-2H3/b11-5+. The SMILES string of the molecule is CC/C=C(\C)CNc1cccc(CN=[N+]=[N-])c1. The van der Waals surface area contributed by atoms with E-state index in [2.05, 4.69) is 35.3 Å². The summed E-state index contributed by atoms with van der Waals surface area (Å²) < 4.78 is 0. The van der Waals surface area contributed by atoms with Crippen LogP contribution >= 0.6 is 0 Å². The Labute approximate surface area is 102 Å². The first-order chi connectivity index (χ1) is 8.26. The highest BCUT2D eigenvalue weighted by Gasteiger charge is 1.95. The Kier molecular flexibility index (Phi) is 5.69. The zero-order valence-corrected chi connectivity index (χ0v) is 10.3. The largest absolute Gasteiger partial charge is 0.381 e. The summed E-state index contributed by atoms with van der Waals surface area (Å²) in [5, 5.41) is 6.89. The zero-order valence-electron chi connectivity index (χ0n) is 10.3. The second kappa shape index (κ2) is 7.36. The molecule has 0 aromatic heterocycles. The van der Waals surface area contributed by atoms with Crippen LogP contribution in [0.1, 0.15) is 25.8 Å². The van der Waals surface area contributed by atoms with Crippen molar-refractivity contribution in [3.8, 4) is 0 Å². The molecule has 1 aromatic carbocycles. The van der Waals surface area contributed by atoms with E-state index in [-0.39, 0.29) is 0 Å². The van der Waals surface area contributed by atoms with E-state index in [9.17, 15) is 0 Å². The zero-order chi connectivity index (χ0) is 12.5. The summed E-state index contributed by atoms with van der Waals surface area (Å²) in [6.45, 7) is 5.49. The minimum Gasteiger partial charge on any atom is -0.381 e. The van der Waals surface area contributed by atoms with E-state index in [0.29, 0.717) is 6.54 Å². The van der Waals surface area contributed by atoms with Gasteiger partial charge in [-0.1, -0.05) is 35.8 Å². The number of hydrogen-bond acceptors (Lipinski definition) is 2. The molecular weight excluding hydrogens is 212 g/mol. The third-order valence-corrected chi connectivity index (χ3v) is 2.37. The molecule has 0 amide bonds. The van der Waals surface area contributed by atoms with Gasteiger partial charge in [-0.2, -0.15) is 0 Å². The van der Waals surface area contributed by atoms with E-state index in [1.54, 1.807) is 0 Å². The smallest absolute Gasteiger partial charge is 0.0511 e. The molecule has 0 aliphatic rings. The Hall–Kier alpha value is -1.93. The van der Waals surface area contributed by atoms with Crippen LogP contribution in [0.5, 0.6) is 0 Å². The Bertz CT molecular complexity index is 431. The van der Waals surface area contributed by atoms with Gasteiger partial charge >= 0.3 is 0 Å². The first-order valence-corrected chi connectivity index (χ1v) is 5.75. The molecule has 0 bridgehead atoms. The summed E-state index contributed by atoms with van der Waals surface area (Å²) in [5.41, 5.74) is 11.7. The fraction of sp³-hybridized carbons (Fsp3) is 0.385. The molecule has 90 valence electrons. The number of benzene rings is 1. The van der Waals surface area contributed by atoms with Gasteiger partial charge in [-0.25, -0.2) is 0 Å². The Morgan fingerprint density at radius 2 is 2.35 bits per heavy atom. The van der Waals surface area contributed by atoms with Crippen LogP contribution in [-0.2, 0) is 6.54 Å². The lowest BCUT2D eigenvalue weighted by atomic mass is 10.2. The van der Waals surface area contributed by atoms with Crippen LogP contribution in [0.2, 0.25) is 0 Å². The molecule has 0 saturated carbocycles. The number of rotatable bonds is 6. The lowest BCUT2D eigenvalue weighted by molar-refractivity contribution is 1.05. The Morgan fingerprint density at radius 1 is 1.53 bits per heavy atom. The van der Waals surface area contributed by atoms with E-state index in [4.69, 9.17) is 5.53 Å². The lowest BCUT2D eigenvalue weighted by Gasteiger charge is -2.07. The first-order valence-electron chi connectivity index (χ1n) is 5.75. The lowest BCUT2D eigenvalue weighted by Crippen LogP contribution is -2.02. The molecule has 4 nitrogen and oxygen atoms in total. The quantitative estimate of drug-likeness (QED) is 0.337. The summed E-state index contributed by atoms with van der Waals surface area (Å²) in [6.07, 6.45) is 3.27. The van der Waals surface area contributed by atoms with E-state index >= 15 is 0 Å². The normalized spacial score (nSPS) is 10.8. The number of anilines is 1. The molecule has 0 atom stereocenters. The van der Waals surface area contributed by atoms with Gasteiger partial charge in [0.05, 0.1) is 6.54 Å². The highest BCUT2D eigenvalue weighted by Crippen LogP contribution is 2.12. The topological polar surface area (TPSA) is 60.8 Å². The van der Waals surface area contributed by atoms with Gasteiger partial charge < -0.3 is 5.32 Å². The van der Waals surface area contributed by atoms with Crippen LogP contribution in [0, 0.1) is 0 Å². The molecule has 0 aliphatic heterocycles. The molecule has 0 saturated heterocycles. The van der Waals surface area contributed by atoms with E-state index in [0.717, 1.165) is 24.2 Å². The molecule has 0 heterocycles. The predicted molar refractivity (Wildman–Crippen MR) is 71.8 cm³/mol. The van der Waals surface area contributed by atoms with Gasteiger partial charge in [0.2, 0.25) is 0 Å². The molecule has 17 heavy (non-hydrogen) atoms. The molecule has 4 heteroatoms. The summed E-state index contributed by atoms with van der Waals surface area (Å²) in [7, 11) is 0. The fourth-order valence-corrected chi connectivity index (χ4v) is 1.56. The third kappa shape index (κ3) is 5.09. The van der Waals surface area contributed by atoms with Crippen molar-refractivity contribution in [2.45, 2.75) is 26.8 Å². The number of nitrogens with one attached hydrogen (secondary N) is 1. The highest BCUT2D eigenvalue weighted by molar-refractivity contribution is 5.46. The second-order valence-electron chi connectivity index (χ2n) is 3.90. The summed E-state index contributed by atoms with van der Waals surface area (Å²) >= 11 is 0. The van der Waals surface area contributed by atoms with E-state index in [1.165, 1.54) is 5.57 Å². The van der Waals surface area contributed by atoms with Crippen LogP contribution in [0.3, 0.4) is 0 Å². The van der Waals surface area contributed by atoms with Crippen molar-refractivity contribution in [1.82, 2.24) is 0 Å². The van der Waals surface area contributed by atoms with Gasteiger partial charge in [-0.15, -0.1) is 0 Å². The monoisotopic (exact) mass is 230 g/mol. The number of nitrogens with zero attached hydrogens (tertiary/aromatic N) is 3. The Morgan fingerprint density at radius 3 is 3.06 bits per heavy atom. The average Bonchev–Trinajstić information content (AvgIpc) is 2.35. The minimum atomic E-state index is 0.399. The maximum Gasteiger partial charge on any atom is 0.0511 e. The third-order valence-electron chi connectivity index (χ3n) is 2.37.